The largest absolute Gasteiger partial charge is 0.361 e. The Hall–Kier alpha value is -2.02. The van der Waals surface area contributed by atoms with Crippen molar-refractivity contribution in [3.8, 4) is 0 Å². The van der Waals surface area contributed by atoms with E-state index in [1.807, 2.05) is 6.07 Å². The molecule has 0 N–H and O–H groups in total. The Balaban J connectivity index is 2.59. The molecule has 0 aromatic heterocycles. The van der Waals surface area contributed by atoms with Gasteiger partial charge in [-0.25, -0.2) is 0 Å². The molecule has 0 radical (unpaired) electrons. The quantitative estimate of drug-likeness (QED) is 0.657. The number of anilines is 1. The van der Waals surface area contributed by atoms with Crippen LogP contribution in [0.15, 0.2) is 61.2 Å². The topological polar surface area (TPSA) is 3.24 Å². The van der Waals surface area contributed by atoms with Crippen LogP contribution in [0.25, 0.3) is 5.57 Å². The molecule has 0 fully saturated rings. The SMILES string of the molecule is C=C(c1ccccc1)c1ccccc1N(C(C)(C)C)C(C)(C)C. The van der Waals surface area contributed by atoms with Crippen LogP contribution in [-0.2, 0) is 0 Å². The summed E-state index contributed by atoms with van der Waals surface area (Å²) in [6, 6.07) is 19.0. The predicted molar refractivity (Wildman–Crippen MR) is 103 cm³/mol. The molecule has 1 nitrogen and oxygen atoms in total. The molecule has 0 unspecified atom stereocenters. The Bertz CT molecular complexity index is 655. The van der Waals surface area contributed by atoms with Crippen molar-refractivity contribution in [2.45, 2.75) is 52.6 Å². The lowest BCUT2D eigenvalue weighted by Gasteiger charge is -2.48. The van der Waals surface area contributed by atoms with E-state index in [4.69, 9.17) is 0 Å². The highest BCUT2D eigenvalue weighted by molar-refractivity contribution is 5.85. The van der Waals surface area contributed by atoms with Crippen molar-refractivity contribution in [1.82, 2.24) is 0 Å². The van der Waals surface area contributed by atoms with Crippen molar-refractivity contribution in [3.63, 3.8) is 0 Å². The third-order valence-electron chi connectivity index (χ3n) is 3.93. The number of nitrogens with zero attached hydrogens (tertiary/aromatic N) is 1. The summed E-state index contributed by atoms with van der Waals surface area (Å²) in [5.41, 5.74) is 4.71. The minimum Gasteiger partial charge on any atom is -0.361 e. The number of hydrogen-bond donors (Lipinski definition) is 0. The fourth-order valence-corrected chi connectivity index (χ4v) is 3.45. The lowest BCUT2D eigenvalue weighted by molar-refractivity contribution is 0.380. The predicted octanol–water partition coefficient (Wildman–Crippen LogP) is 6.15. The maximum atomic E-state index is 4.38. The molecule has 0 saturated heterocycles. The van der Waals surface area contributed by atoms with E-state index >= 15 is 0 Å². The summed E-state index contributed by atoms with van der Waals surface area (Å²) in [7, 11) is 0. The van der Waals surface area contributed by atoms with Crippen molar-refractivity contribution < 1.29 is 0 Å². The third kappa shape index (κ3) is 3.85. The van der Waals surface area contributed by atoms with Gasteiger partial charge in [-0.3, -0.25) is 0 Å². The van der Waals surface area contributed by atoms with Crippen molar-refractivity contribution in [1.29, 1.82) is 0 Å². The Morgan fingerprint density at radius 2 is 1.22 bits per heavy atom. The molecular weight excluding hydrogens is 278 g/mol. The number of para-hydroxylation sites is 1. The zero-order chi connectivity index (χ0) is 17.3. The summed E-state index contributed by atoms with van der Waals surface area (Å²) in [6.07, 6.45) is 0. The summed E-state index contributed by atoms with van der Waals surface area (Å²) in [5.74, 6) is 0. The molecular formula is C22H29N. The van der Waals surface area contributed by atoms with Gasteiger partial charge in [-0.05, 0) is 58.7 Å². The van der Waals surface area contributed by atoms with Crippen molar-refractivity contribution in [3.05, 3.63) is 72.3 Å². The highest BCUT2D eigenvalue weighted by atomic mass is 15.2. The van der Waals surface area contributed by atoms with Crippen molar-refractivity contribution in [2.75, 3.05) is 4.90 Å². The van der Waals surface area contributed by atoms with Crippen LogP contribution in [0.5, 0.6) is 0 Å². The molecule has 0 bridgehead atoms. The number of hydrogen-bond acceptors (Lipinski definition) is 1. The molecule has 1 heteroatoms. The first kappa shape index (κ1) is 17.3. The van der Waals surface area contributed by atoms with E-state index in [-0.39, 0.29) is 11.1 Å². The second kappa shape index (κ2) is 6.23. The molecule has 23 heavy (non-hydrogen) atoms. The Morgan fingerprint density at radius 3 is 1.74 bits per heavy atom. The molecule has 2 aromatic rings. The molecule has 122 valence electrons. The van der Waals surface area contributed by atoms with Gasteiger partial charge in [0.25, 0.3) is 0 Å². The molecule has 0 amide bonds. The molecule has 0 aliphatic carbocycles. The molecule has 2 aromatic carbocycles. The average molecular weight is 307 g/mol. The van der Waals surface area contributed by atoms with Crippen LogP contribution < -0.4 is 4.90 Å². The van der Waals surface area contributed by atoms with Gasteiger partial charge in [0, 0.05) is 22.3 Å². The fraction of sp³-hybridized carbons (Fsp3) is 0.364. The van der Waals surface area contributed by atoms with E-state index < -0.39 is 0 Å². The highest BCUT2D eigenvalue weighted by Crippen LogP contribution is 2.38. The van der Waals surface area contributed by atoms with Crippen LogP contribution >= 0.6 is 0 Å². The zero-order valence-electron chi connectivity index (χ0n) is 15.4. The first-order chi connectivity index (χ1) is 10.6. The van der Waals surface area contributed by atoms with Gasteiger partial charge >= 0.3 is 0 Å². The van der Waals surface area contributed by atoms with E-state index in [0.717, 1.165) is 5.57 Å². The fourth-order valence-electron chi connectivity index (χ4n) is 3.45. The Morgan fingerprint density at radius 1 is 0.739 bits per heavy atom. The molecule has 0 spiro atoms. The lowest BCUT2D eigenvalue weighted by atomic mass is 9.90. The summed E-state index contributed by atoms with van der Waals surface area (Å²) in [6.45, 7) is 18.0. The van der Waals surface area contributed by atoms with Gasteiger partial charge < -0.3 is 4.90 Å². The van der Waals surface area contributed by atoms with Crippen LogP contribution in [0.2, 0.25) is 0 Å². The summed E-state index contributed by atoms with van der Waals surface area (Å²) < 4.78 is 0. The van der Waals surface area contributed by atoms with E-state index in [9.17, 15) is 0 Å². The summed E-state index contributed by atoms with van der Waals surface area (Å²) in [5, 5.41) is 0. The number of rotatable bonds is 3. The molecule has 0 aliphatic heterocycles. The van der Waals surface area contributed by atoms with Crippen molar-refractivity contribution >= 4 is 11.3 Å². The second-order valence-electron chi connectivity index (χ2n) is 8.04. The Kier molecular flexibility index (Phi) is 4.70. The van der Waals surface area contributed by atoms with Gasteiger partial charge in [0.2, 0.25) is 0 Å². The maximum Gasteiger partial charge on any atom is 0.0454 e. The monoisotopic (exact) mass is 307 g/mol. The highest BCUT2D eigenvalue weighted by Gasteiger charge is 2.33. The van der Waals surface area contributed by atoms with Gasteiger partial charge in [0.05, 0.1) is 0 Å². The van der Waals surface area contributed by atoms with Gasteiger partial charge in [0.15, 0.2) is 0 Å². The first-order valence-corrected chi connectivity index (χ1v) is 8.26. The Labute approximate surface area is 141 Å². The van der Waals surface area contributed by atoms with Crippen molar-refractivity contribution in [2.24, 2.45) is 0 Å². The summed E-state index contributed by atoms with van der Waals surface area (Å²) in [4.78, 5) is 2.49. The van der Waals surface area contributed by atoms with Crippen LogP contribution in [0, 0.1) is 0 Å². The van der Waals surface area contributed by atoms with Gasteiger partial charge in [-0.15, -0.1) is 0 Å². The van der Waals surface area contributed by atoms with Crippen LogP contribution in [0.1, 0.15) is 52.7 Å². The third-order valence-corrected chi connectivity index (χ3v) is 3.93. The van der Waals surface area contributed by atoms with Gasteiger partial charge in [-0.2, -0.15) is 0 Å². The molecule has 0 aliphatic rings. The maximum absolute atomic E-state index is 4.38. The van der Waals surface area contributed by atoms with Gasteiger partial charge in [0.1, 0.15) is 0 Å². The summed E-state index contributed by atoms with van der Waals surface area (Å²) >= 11 is 0. The molecule has 0 saturated carbocycles. The van der Waals surface area contributed by atoms with E-state index in [1.54, 1.807) is 0 Å². The molecule has 0 heterocycles. The normalized spacial score (nSPS) is 12.1. The standard InChI is InChI=1S/C22H29N/c1-17(18-13-9-8-10-14-18)19-15-11-12-16-20(19)23(21(2,3)4)22(5,6)7/h8-16H,1H2,2-7H3. The van der Waals surface area contributed by atoms with Gasteiger partial charge in [-0.1, -0.05) is 55.1 Å². The van der Waals surface area contributed by atoms with E-state index in [1.165, 1.54) is 16.8 Å². The smallest absolute Gasteiger partial charge is 0.0454 e. The van der Waals surface area contributed by atoms with E-state index in [0.29, 0.717) is 0 Å². The lowest BCUT2D eigenvalue weighted by Crippen LogP contribution is -2.53. The zero-order valence-corrected chi connectivity index (χ0v) is 15.4. The van der Waals surface area contributed by atoms with Crippen LogP contribution in [0.3, 0.4) is 0 Å². The minimum absolute atomic E-state index is 0.0192. The first-order valence-electron chi connectivity index (χ1n) is 8.26. The minimum atomic E-state index is 0.0192. The van der Waals surface area contributed by atoms with Crippen LogP contribution in [-0.4, -0.2) is 11.1 Å². The van der Waals surface area contributed by atoms with E-state index in [2.05, 4.69) is 102 Å². The second-order valence-corrected chi connectivity index (χ2v) is 8.04. The average Bonchev–Trinajstić information content (AvgIpc) is 2.45. The van der Waals surface area contributed by atoms with Crippen LogP contribution in [0.4, 0.5) is 5.69 Å². The molecule has 0 atom stereocenters. The molecule has 2 rings (SSSR count). The number of benzene rings is 2.